The third-order valence-electron chi connectivity index (χ3n) is 3.08. The molecule has 0 fully saturated rings. The minimum atomic E-state index is -0.255. The number of amides is 1. The molecule has 0 aliphatic rings. The molecule has 0 aliphatic carbocycles. The van der Waals surface area contributed by atoms with Crippen LogP contribution in [0.4, 0.5) is 4.79 Å². The Morgan fingerprint density at radius 3 is 2.65 bits per heavy atom. The molecule has 5 nitrogen and oxygen atoms in total. The molecule has 1 amide bonds. The number of para-hydroxylation sites is 1. The molecule has 0 aliphatic heterocycles. The lowest BCUT2D eigenvalue weighted by Gasteiger charge is -2.05. The van der Waals surface area contributed by atoms with E-state index in [2.05, 4.69) is 15.6 Å². The summed E-state index contributed by atoms with van der Waals surface area (Å²) < 4.78 is 1.29. The Morgan fingerprint density at radius 2 is 1.80 bits per heavy atom. The van der Waals surface area contributed by atoms with Gasteiger partial charge in [0.25, 0.3) is 0 Å². The van der Waals surface area contributed by atoms with Crippen molar-refractivity contribution >= 4 is 17.1 Å². The van der Waals surface area contributed by atoms with E-state index in [1.54, 1.807) is 0 Å². The fraction of sp³-hybridized carbons (Fsp3) is 0.133. The summed E-state index contributed by atoms with van der Waals surface area (Å²) in [5, 5.41) is 10.7. The zero-order valence-electron chi connectivity index (χ0n) is 10.9. The Kier molecular flexibility index (Phi) is 3.41. The van der Waals surface area contributed by atoms with E-state index in [1.165, 1.54) is 10.2 Å². The summed E-state index contributed by atoms with van der Waals surface area (Å²) in [6, 6.07) is 17.2. The maximum Gasteiger partial charge on any atom is 0.344 e. The van der Waals surface area contributed by atoms with Gasteiger partial charge in [0.15, 0.2) is 0 Å². The zero-order chi connectivity index (χ0) is 13.8. The number of rotatable bonds is 3. The second kappa shape index (κ2) is 5.52. The van der Waals surface area contributed by atoms with Crippen LogP contribution in [0.3, 0.4) is 0 Å². The first kappa shape index (κ1) is 12.3. The second-order valence-corrected chi connectivity index (χ2v) is 4.46. The smallest absolute Gasteiger partial charge is 0.336 e. The number of carbonyl (C=O) groups excluding carboxylic acids is 1. The number of carbonyl (C=O) groups is 1. The Bertz CT molecular complexity index is 721. The van der Waals surface area contributed by atoms with Crippen LogP contribution in [0, 0.1) is 0 Å². The number of fused-ring (bicyclic) bond motifs is 1. The van der Waals surface area contributed by atoms with Gasteiger partial charge in [-0.2, -0.15) is 4.68 Å². The summed E-state index contributed by atoms with van der Waals surface area (Å²) in [4.78, 5) is 12.1. The number of aromatic nitrogens is 3. The standard InChI is InChI=1S/C15H14N4O/c20-15(16-11-10-12-6-2-1-3-7-12)19-14-9-5-4-8-13(14)17-18-19/h1-9H,10-11H2,(H,16,20). The molecule has 0 radical (unpaired) electrons. The van der Waals surface area contributed by atoms with Gasteiger partial charge in [0.1, 0.15) is 5.52 Å². The van der Waals surface area contributed by atoms with Crippen LogP contribution in [0.1, 0.15) is 5.56 Å². The first-order chi connectivity index (χ1) is 9.84. The van der Waals surface area contributed by atoms with Gasteiger partial charge in [0, 0.05) is 6.54 Å². The predicted molar refractivity (Wildman–Crippen MR) is 76.5 cm³/mol. The third-order valence-corrected chi connectivity index (χ3v) is 3.08. The highest BCUT2D eigenvalue weighted by Gasteiger charge is 2.10. The third kappa shape index (κ3) is 2.51. The van der Waals surface area contributed by atoms with Gasteiger partial charge >= 0.3 is 6.03 Å². The van der Waals surface area contributed by atoms with Crippen molar-refractivity contribution in [2.45, 2.75) is 6.42 Å². The van der Waals surface area contributed by atoms with E-state index < -0.39 is 0 Å². The second-order valence-electron chi connectivity index (χ2n) is 4.46. The van der Waals surface area contributed by atoms with Crippen LogP contribution >= 0.6 is 0 Å². The van der Waals surface area contributed by atoms with E-state index in [1.807, 2.05) is 54.6 Å². The fourth-order valence-electron chi connectivity index (χ4n) is 2.05. The van der Waals surface area contributed by atoms with Crippen molar-refractivity contribution in [3.05, 3.63) is 60.2 Å². The Morgan fingerprint density at radius 1 is 1.05 bits per heavy atom. The molecule has 2 aromatic carbocycles. The van der Waals surface area contributed by atoms with Crippen LogP contribution in [0.2, 0.25) is 0 Å². The minimum Gasteiger partial charge on any atom is -0.336 e. The van der Waals surface area contributed by atoms with Gasteiger partial charge in [-0.05, 0) is 24.1 Å². The lowest BCUT2D eigenvalue weighted by molar-refractivity contribution is 0.240. The fourth-order valence-corrected chi connectivity index (χ4v) is 2.05. The van der Waals surface area contributed by atoms with Crippen molar-refractivity contribution in [2.24, 2.45) is 0 Å². The first-order valence-electron chi connectivity index (χ1n) is 6.47. The average molecular weight is 266 g/mol. The van der Waals surface area contributed by atoms with Crippen molar-refractivity contribution in [3.8, 4) is 0 Å². The maximum absolute atomic E-state index is 12.1. The molecule has 0 saturated carbocycles. The van der Waals surface area contributed by atoms with Gasteiger partial charge in [-0.3, -0.25) is 0 Å². The average Bonchev–Trinajstić information content (AvgIpc) is 2.92. The van der Waals surface area contributed by atoms with Crippen molar-refractivity contribution in [1.29, 1.82) is 0 Å². The highest BCUT2D eigenvalue weighted by atomic mass is 16.2. The van der Waals surface area contributed by atoms with Gasteiger partial charge < -0.3 is 5.32 Å². The molecule has 0 saturated heterocycles. The molecule has 0 spiro atoms. The quantitative estimate of drug-likeness (QED) is 0.790. The van der Waals surface area contributed by atoms with Crippen LogP contribution in [0.15, 0.2) is 54.6 Å². The summed E-state index contributed by atoms with van der Waals surface area (Å²) >= 11 is 0. The molecule has 1 aromatic heterocycles. The van der Waals surface area contributed by atoms with Crippen LogP contribution in [0.5, 0.6) is 0 Å². The van der Waals surface area contributed by atoms with Crippen molar-refractivity contribution in [2.75, 3.05) is 6.54 Å². The van der Waals surface area contributed by atoms with Gasteiger partial charge in [-0.1, -0.05) is 47.7 Å². The molecular weight excluding hydrogens is 252 g/mol. The molecule has 1 N–H and O–H groups in total. The molecule has 0 bridgehead atoms. The molecule has 100 valence electrons. The lowest BCUT2D eigenvalue weighted by Crippen LogP contribution is -2.31. The number of benzene rings is 2. The van der Waals surface area contributed by atoms with Crippen LogP contribution in [-0.2, 0) is 6.42 Å². The summed E-state index contributed by atoms with van der Waals surface area (Å²) in [5.41, 5.74) is 2.62. The van der Waals surface area contributed by atoms with E-state index >= 15 is 0 Å². The molecule has 0 atom stereocenters. The summed E-state index contributed by atoms with van der Waals surface area (Å²) in [6.45, 7) is 0.567. The van der Waals surface area contributed by atoms with Gasteiger partial charge in [-0.25, -0.2) is 4.79 Å². The lowest BCUT2D eigenvalue weighted by atomic mass is 10.1. The van der Waals surface area contributed by atoms with Crippen molar-refractivity contribution in [1.82, 2.24) is 20.3 Å². The number of nitrogens with one attached hydrogen (secondary N) is 1. The Hall–Kier alpha value is -2.69. The largest absolute Gasteiger partial charge is 0.344 e. The summed E-state index contributed by atoms with van der Waals surface area (Å²) in [5.74, 6) is 0. The van der Waals surface area contributed by atoms with Gasteiger partial charge in [0.05, 0.1) is 5.52 Å². The van der Waals surface area contributed by atoms with Crippen LogP contribution in [-0.4, -0.2) is 27.6 Å². The zero-order valence-corrected chi connectivity index (χ0v) is 10.9. The number of hydrogen-bond donors (Lipinski definition) is 1. The SMILES string of the molecule is O=C(NCCc1ccccc1)n1nnc2ccccc21. The highest BCUT2D eigenvalue weighted by molar-refractivity contribution is 5.87. The highest BCUT2D eigenvalue weighted by Crippen LogP contribution is 2.09. The Balaban J connectivity index is 1.65. The van der Waals surface area contributed by atoms with Crippen LogP contribution in [0.25, 0.3) is 11.0 Å². The molecule has 5 heteroatoms. The summed E-state index contributed by atoms with van der Waals surface area (Å²) in [7, 11) is 0. The monoisotopic (exact) mass is 266 g/mol. The molecule has 3 rings (SSSR count). The molecule has 20 heavy (non-hydrogen) atoms. The van der Waals surface area contributed by atoms with Crippen molar-refractivity contribution in [3.63, 3.8) is 0 Å². The van der Waals surface area contributed by atoms with E-state index in [0.29, 0.717) is 17.6 Å². The topological polar surface area (TPSA) is 59.8 Å². The van der Waals surface area contributed by atoms with E-state index in [9.17, 15) is 4.79 Å². The van der Waals surface area contributed by atoms with Crippen LogP contribution < -0.4 is 5.32 Å². The predicted octanol–water partition coefficient (Wildman–Crippen LogP) is 2.23. The van der Waals surface area contributed by atoms with E-state index in [0.717, 1.165) is 6.42 Å². The van der Waals surface area contributed by atoms with E-state index in [4.69, 9.17) is 0 Å². The number of nitrogens with zero attached hydrogens (tertiary/aromatic N) is 3. The van der Waals surface area contributed by atoms with Gasteiger partial charge in [0.2, 0.25) is 0 Å². The summed E-state index contributed by atoms with van der Waals surface area (Å²) in [6.07, 6.45) is 0.791. The number of hydrogen-bond acceptors (Lipinski definition) is 3. The molecule has 1 heterocycles. The molecule has 3 aromatic rings. The minimum absolute atomic E-state index is 0.255. The Labute approximate surface area is 116 Å². The molecule has 0 unspecified atom stereocenters. The van der Waals surface area contributed by atoms with Crippen molar-refractivity contribution < 1.29 is 4.79 Å². The van der Waals surface area contributed by atoms with Gasteiger partial charge in [-0.15, -0.1) is 5.10 Å². The van der Waals surface area contributed by atoms with E-state index in [-0.39, 0.29) is 6.03 Å². The maximum atomic E-state index is 12.1. The molecular formula is C15H14N4O. The first-order valence-corrected chi connectivity index (χ1v) is 6.47. The normalized spacial score (nSPS) is 10.6.